The van der Waals surface area contributed by atoms with Crippen LogP contribution in [-0.4, -0.2) is 16.1 Å². The fourth-order valence-electron chi connectivity index (χ4n) is 3.26. The van der Waals surface area contributed by atoms with E-state index in [1.165, 1.54) is 0 Å². The summed E-state index contributed by atoms with van der Waals surface area (Å²) in [5.41, 5.74) is 2.72. The van der Waals surface area contributed by atoms with E-state index < -0.39 is 5.97 Å². The van der Waals surface area contributed by atoms with Gasteiger partial charge in [0.25, 0.3) is 0 Å². The van der Waals surface area contributed by atoms with Gasteiger partial charge in [0.1, 0.15) is 0 Å². The first-order chi connectivity index (χ1) is 6.74. The van der Waals surface area contributed by atoms with E-state index >= 15 is 0 Å². The first-order valence-electron chi connectivity index (χ1n) is 4.85. The lowest BCUT2D eigenvalue weighted by Crippen LogP contribution is -2.48. The molecule has 1 aromatic heterocycles. The lowest BCUT2D eigenvalue weighted by Gasteiger charge is -2.43. The Balaban J connectivity index is 2.01. The molecule has 74 valence electrons. The molecule has 1 N–H and O–H groups in total. The normalized spacial score (nSPS) is 39.4. The maximum absolute atomic E-state index is 11.1. The molecule has 0 radical (unpaired) electrons. The number of aromatic nitrogens is 1. The van der Waals surface area contributed by atoms with Gasteiger partial charge in [-0.05, 0) is 25.2 Å². The summed E-state index contributed by atoms with van der Waals surface area (Å²) < 4.78 is 0. The minimum atomic E-state index is -0.633. The number of hydrogen-bond donors (Lipinski definition) is 1. The number of fused-ring (bicyclic) bond motifs is 1. The van der Waals surface area contributed by atoms with E-state index in [1.807, 2.05) is 5.38 Å². The van der Waals surface area contributed by atoms with E-state index in [0.717, 1.165) is 25.0 Å². The Hall–Kier alpha value is -0.900. The summed E-state index contributed by atoms with van der Waals surface area (Å²) in [6.45, 7) is 0. The monoisotopic (exact) mass is 209 g/mol. The zero-order valence-electron chi connectivity index (χ0n) is 7.64. The van der Waals surface area contributed by atoms with Gasteiger partial charge in [-0.2, -0.15) is 0 Å². The Morgan fingerprint density at radius 2 is 2.57 bits per heavy atom. The van der Waals surface area contributed by atoms with Crippen LogP contribution in [0, 0.1) is 11.8 Å². The van der Waals surface area contributed by atoms with E-state index in [9.17, 15) is 4.79 Å². The maximum Gasteiger partial charge on any atom is 0.307 e. The van der Waals surface area contributed by atoms with Crippen LogP contribution >= 0.6 is 11.3 Å². The van der Waals surface area contributed by atoms with Gasteiger partial charge in [-0.15, -0.1) is 11.3 Å². The Morgan fingerprint density at radius 1 is 1.71 bits per heavy atom. The van der Waals surface area contributed by atoms with Crippen LogP contribution in [0.3, 0.4) is 0 Å². The largest absolute Gasteiger partial charge is 0.481 e. The molecule has 0 unspecified atom stereocenters. The molecule has 4 heteroatoms. The Morgan fingerprint density at radius 3 is 3.14 bits per heavy atom. The number of carboxylic acid groups (broad SMARTS) is 1. The molecular weight excluding hydrogens is 198 g/mol. The first-order valence-corrected chi connectivity index (χ1v) is 5.80. The fraction of sp³-hybridized carbons (Fsp3) is 0.600. The van der Waals surface area contributed by atoms with Gasteiger partial charge in [0.2, 0.25) is 0 Å². The van der Waals surface area contributed by atoms with Crippen molar-refractivity contribution < 1.29 is 9.90 Å². The fourth-order valence-corrected chi connectivity index (χ4v) is 3.92. The topological polar surface area (TPSA) is 50.2 Å². The van der Waals surface area contributed by atoms with Crippen LogP contribution in [0.5, 0.6) is 0 Å². The molecule has 4 rings (SSSR count). The van der Waals surface area contributed by atoms with E-state index in [1.54, 1.807) is 16.8 Å². The van der Waals surface area contributed by atoms with Crippen LogP contribution < -0.4 is 0 Å². The molecule has 0 aliphatic heterocycles. The highest BCUT2D eigenvalue weighted by molar-refractivity contribution is 7.07. The van der Waals surface area contributed by atoms with Crippen molar-refractivity contribution in [1.82, 2.24) is 4.98 Å². The van der Waals surface area contributed by atoms with Crippen molar-refractivity contribution in [2.45, 2.75) is 24.7 Å². The molecule has 3 saturated carbocycles. The van der Waals surface area contributed by atoms with Crippen molar-refractivity contribution in [2.24, 2.45) is 11.8 Å². The third kappa shape index (κ3) is 0.823. The molecule has 3 aliphatic carbocycles. The van der Waals surface area contributed by atoms with Crippen molar-refractivity contribution in [2.75, 3.05) is 0 Å². The molecule has 0 saturated heterocycles. The van der Waals surface area contributed by atoms with Crippen molar-refractivity contribution in [3.05, 3.63) is 16.6 Å². The Bertz CT molecular complexity index is 371. The molecule has 14 heavy (non-hydrogen) atoms. The van der Waals surface area contributed by atoms with Gasteiger partial charge < -0.3 is 5.11 Å². The minimum Gasteiger partial charge on any atom is -0.481 e. The lowest BCUT2D eigenvalue weighted by molar-refractivity contribution is -0.150. The van der Waals surface area contributed by atoms with Gasteiger partial charge in [-0.1, -0.05) is 0 Å². The van der Waals surface area contributed by atoms with Gasteiger partial charge >= 0.3 is 5.97 Å². The molecule has 3 fully saturated rings. The van der Waals surface area contributed by atoms with Crippen molar-refractivity contribution in [3.63, 3.8) is 0 Å². The zero-order chi connectivity index (χ0) is 9.76. The third-order valence-corrected chi connectivity index (χ3v) is 4.45. The minimum absolute atomic E-state index is 0.101. The van der Waals surface area contributed by atoms with Gasteiger partial charge in [-0.25, -0.2) is 4.98 Å². The van der Waals surface area contributed by atoms with E-state index in [2.05, 4.69) is 4.98 Å². The van der Waals surface area contributed by atoms with Gasteiger partial charge in [-0.3, -0.25) is 4.79 Å². The van der Waals surface area contributed by atoms with Crippen LogP contribution in [0.4, 0.5) is 0 Å². The summed E-state index contributed by atoms with van der Waals surface area (Å²) in [4.78, 5) is 15.4. The lowest BCUT2D eigenvalue weighted by atomic mass is 9.59. The van der Waals surface area contributed by atoms with Gasteiger partial charge in [0.05, 0.1) is 17.1 Å². The summed E-state index contributed by atoms with van der Waals surface area (Å²) in [5.74, 6) is -0.384. The second kappa shape index (κ2) is 2.57. The highest BCUT2D eigenvalue weighted by Crippen LogP contribution is 2.63. The smallest absolute Gasteiger partial charge is 0.307 e. The second-order valence-electron chi connectivity index (χ2n) is 4.35. The number of nitrogens with zero attached hydrogens (tertiary/aromatic N) is 1. The van der Waals surface area contributed by atoms with E-state index in [-0.39, 0.29) is 11.3 Å². The van der Waals surface area contributed by atoms with E-state index in [4.69, 9.17) is 5.11 Å². The first kappa shape index (κ1) is 8.41. The number of carboxylic acids is 1. The average molecular weight is 209 g/mol. The average Bonchev–Trinajstić information content (AvgIpc) is 2.77. The number of thiazole rings is 1. The van der Waals surface area contributed by atoms with E-state index in [0.29, 0.717) is 5.92 Å². The standard InChI is InChI=1S/C10H11NO2S/c12-9(13)8-6-1-2-10(8,3-6)7-4-14-5-11-7/h4-6,8H,1-3H2,(H,12,13)/t6-,8+,10+/m0/s1. The second-order valence-corrected chi connectivity index (χ2v) is 5.07. The van der Waals surface area contributed by atoms with Gasteiger partial charge in [0, 0.05) is 10.8 Å². The Kier molecular flexibility index (Phi) is 1.54. The molecule has 1 heterocycles. The summed E-state index contributed by atoms with van der Waals surface area (Å²) in [6.07, 6.45) is 3.11. The maximum atomic E-state index is 11.1. The number of carbonyl (C=O) groups is 1. The molecule has 0 aromatic carbocycles. The Labute approximate surface area is 85.8 Å². The predicted molar refractivity (Wildman–Crippen MR) is 52.3 cm³/mol. The molecule has 3 atom stereocenters. The van der Waals surface area contributed by atoms with Crippen molar-refractivity contribution >= 4 is 17.3 Å². The third-order valence-electron chi connectivity index (χ3n) is 3.86. The summed E-state index contributed by atoms with van der Waals surface area (Å²) in [6, 6.07) is 0. The quantitative estimate of drug-likeness (QED) is 0.809. The molecular formula is C10H11NO2S. The van der Waals surface area contributed by atoms with Crippen LogP contribution in [0.1, 0.15) is 25.0 Å². The molecule has 3 nitrogen and oxygen atoms in total. The number of rotatable bonds is 2. The number of aliphatic carboxylic acids is 1. The molecule has 0 amide bonds. The predicted octanol–water partition coefficient (Wildman–Crippen LogP) is 1.90. The zero-order valence-corrected chi connectivity index (χ0v) is 8.46. The highest BCUT2D eigenvalue weighted by Gasteiger charge is 2.63. The van der Waals surface area contributed by atoms with Crippen LogP contribution in [0.25, 0.3) is 0 Å². The summed E-state index contributed by atoms with van der Waals surface area (Å²) >= 11 is 1.56. The molecule has 1 aromatic rings. The highest BCUT2D eigenvalue weighted by atomic mass is 32.1. The van der Waals surface area contributed by atoms with Crippen molar-refractivity contribution in [1.29, 1.82) is 0 Å². The van der Waals surface area contributed by atoms with Crippen LogP contribution in [0.2, 0.25) is 0 Å². The molecule has 2 bridgehead atoms. The van der Waals surface area contributed by atoms with Gasteiger partial charge in [0.15, 0.2) is 0 Å². The number of hydrogen-bond acceptors (Lipinski definition) is 3. The summed E-state index contributed by atoms with van der Waals surface area (Å²) in [7, 11) is 0. The summed E-state index contributed by atoms with van der Waals surface area (Å²) in [5, 5.41) is 11.2. The van der Waals surface area contributed by atoms with Crippen LogP contribution in [-0.2, 0) is 10.2 Å². The SMILES string of the molecule is O=C(O)[C@H]1[C@H]2CC[C@]1(c1cscn1)C2. The van der Waals surface area contributed by atoms with Crippen molar-refractivity contribution in [3.8, 4) is 0 Å². The molecule has 3 aliphatic rings. The van der Waals surface area contributed by atoms with Crippen LogP contribution in [0.15, 0.2) is 10.9 Å². The molecule has 0 spiro atoms.